The highest BCUT2D eigenvalue weighted by molar-refractivity contribution is 7.75. The highest BCUT2D eigenvalue weighted by atomic mass is 32.2. The van der Waals surface area contributed by atoms with Crippen LogP contribution < -0.4 is 5.32 Å². The Morgan fingerprint density at radius 1 is 1.43 bits per heavy atom. The fourth-order valence-electron chi connectivity index (χ4n) is 3.12. The molecule has 3 unspecified atom stereocenters. The smallest absolute Gasteiger partial charge is 0.305 e. The molecule has 5 atom stereocenters. The fraction of sp³-hybridized carbons (Fsp3) is 0.533. The number of aliphatic hydroxyl groups excluding tert-OH is 1. The summed E-state index contributed by atoms with van der Waals surface area (Å²) in [5.74, 6) is -0.222. The van der Waals surface area contributed by atoms with Crippen molar-refractivity contribution in [3.63, 3.8) is 0 Å². The molecule has 2 aliphatic heterocycles. The lowest BCUT2D eigenvalue weighted by atomic mass is 9.91. The van der Waals surface area contributed by atoms with Crippen molar-refractivity contribution in [2.75, 3.05) is 13.2 Å². The van der Waals surface area contributed by atoms with Gasteiger partial charge in [0.25, 0.3) is 0 Å². The second kappa shape index (κ2) is 7.06. The molecule has 0 radical (unpaired) electrons. The number of benzene rings is 1. The minimum Gasteiger partial charge on any atom is -0.388 e. The number of carbonyl (C=O) groups is 1. The van der Waals surface area contributed by atoms with Gasteiger partial charge in [0.05, 0.1) is 18.7 Å². The molecule has 2 aliphatic rings. The molecule has 2 N–H and O–H groups in total. The zero-order valence-corrected chi connectivity index (χ0v) is 13.6. The first-order chi connectivity index (χ1) is 11.0. The van der Waals surface area contributed by atoms with Gasteiger partial charge in [-0.05, 0) is 5.56 Å². The van der Waals surface area contributed by atoms with Gasteiger partial charge >= 0.3 is 11.4 Å². The number of nitrogens with zero attached hydrogens (tertiary/aromatic N) is 1. The Kier molecular flexibility index (Phi) is 5.08. The van der Waals surface area contributed by atoms with Crippen LogP contribution in [0.3, 0.4) is 0 Å². The van der Waals surface area contributed by atoms with Gasteiger partial charge in [-0.2, -0.15) is 4.21 Å². The maximum atomic E-state index is 11.5. The van der Waals surface area contributed by atoms with E-state index in [1.807, 2.05) is 30.3 Å². The van der Waals surface area contributed by atoms with E-state index in [1.165, 1.54) is 6.92 Å². The first-order valence-electron chi connectivity index (χ1n) is 7.50. The van der Waals surface area contributed by atoms with Crippen molar-refractivity contribution in [2.45, 2.75) is 37.8 Å². The van der Waals surface area contributed by atoms with E-state index in [2.05, 4.69) is 10.2 Å². The molecule has 1 aromatic rings. The fourth-order valence-corrected chi connectivity index (χ4v) is 3.85. The Bertz CT molecular complexity index is 584. The number of fused-ring (bicyclic) bond motifs is 1. The molecule has 7 nitrogen and oxygen atoms in total. The quantitative estimate of drug-likeness (QED) is 0.788. The molecule has 8 heteroatoms. The molecule has 0 saturated carbocycles. The Balaban J connectivity index is 1.81. The molecule has 3 rings (SSSR count). The van der Waals surface area contributed by atoms with Crippen molar-refractivity contribution < 1.29 is 22.5 Å². The topological polar surface area (TPSA) is 88.1 Å². The molecule has 0 aliphatic carbocycles. The summed E-state index contributed by atoms with van der Waals surface area (Å²) in [6.45, 7) is 2.72. The van der Waals surface area contributed by atoms with Crippen LogP contribution in [0.5, 0.6) is 0 Å². The predicted molar refractivity (Wildman–Crippen MR) is 83.2 cm³/mol. The second-order valence-electron chi connectivity index (χ2n) is 5.83. The summed E-state index contributed by atoms with van der Waals surface area (Å²) in [6.07, 6.45) is -1.59. The highest BCUT2D eigenvalue weighted by Gasteiger charge is 2.47. The Morgan fingerprint density at radius 3 is 2.87 bits per heavy atom. The molecule has 2 heterocycles. The normalized spacial score (nSPS) is 34.6. The number of likely N-dealkylation sites (tertiary alicyclic amines) is 1. The van der Waals surface area contributed by atoms with Crippen LogP contribution in [0.4, 0.5) is 0 Å². The van der Waals surface area contributed by atoms with Crippen LogP contribution in [0.25, 0.3) is 0 Å². The zero-order valence-electron chi connectivity index (χ0n) is 12.8. The minimum absolute atomic E-state index is 0.215. The molecule has 126 valence electrons. The maximum absolute atomic E-state index is 11.5. The van der Waals surface area contributed by atoms with E-state index in [4.69, 9.17) is 8.37 Å². The molecule has 23 heavy (non-hydrogen) atoms. The summed E-state index contributed by atoms with van der Waals surface area (Å²) >= 11 is -1.87. The van der Waals surface area contributed by atoms with Crippen LogP contribution in [0.1, 0.15) is 12.5 Å². The van der Waals surface area contributed by atoms with Gasteiger partial charge in [-0.1, -0.05) is 30.3 Å². The summed E-state index contributed by atoms with van der Waals surface area (Å²) in [5.41, 5.74) is 1.11. The van der Waals surface area contributed by atoms with Crippen molar-refractivity contribution >= 4 is 17.3 Å². The molecule has 1 amide bonds. The Labute approximate surface area is 137 Å². The van der Waals surface area contributed by atoms with E-state index in [0.717, 1.165) is 5.56 Å². The van der Waals surface area contributed by atoms with Crippen LogP contribution in [-0.2, 0) is 31.1 Å². The van der Waals surface area contributed by atoms with Crippen molar-refractivity contribution in [2.24, 2.45) is 0 Å². The van der Waals surface area contributed by atoms with Crippen LogP contribution in [-0.4, -0.2) is 57.6 Å². The number of hydrogen-bond acceptors (Lipinski definition) is 6. The SMILES string of the molecule is CC(=O)NC1CN(Cc2ccccc2)[C@@H]2COS(=O)O[C@H]2C1O. The maximum Gasteiger partial charge on any atom is 0.305 e. The van der Waals surface area contributed by atoms with Crippen molar-refractivity contribution in [1.82, 2.24) is 10.2 Å². The van der Waals surface area contributed by atoms with Crippen LogP contribution >= 0.6 is 0 Å². The summed E-state index contributed by atoms with van der Waals surface area (Å²) in [5, 5.41) is 13.2. The second-order valence-corrected chi connectivity index (χ2v) is 6.67. The van der Waals surface area contributed by atoms with Crippen LogP contribution in [0.15, 0.2) is 30.3 Å². The third kappa shape index (κ3) is 3.78. The predicted octanol–water partition coefficient (Wildman–Crippen LogP) is -0.270. The zero-order chi connectivity index (χ0) is 16.4. The number of amides is 1. The number of aliphatic hydroxyl groups is 1. The largest absolute Gasteiger partial charge is 0.388 e. The standard InChI is InChI=1S/C15H20N2O5S/c1-10(18)16-12-8-17(7-11-5-3-2-4-6-11)13-9-21-23(20)22-15(13)14(12)19/h2-6,12-15,19H,7-9H2,1H3,(H,16,18)/t12?,13-,14?,15-,23?/m1/s1. The Morgan fingerprint density at radius 2 is 2.17 bits per heavy atom. The average Bonchev–Trinajstić information content (AvgIpc) is 2.52. The van der Waals surface area contributed by atoms with Gasteiger partial charge in [0, 0.05) is 20.0 Å². The average molecular weight is 340 g/mol. The first-order valence-corrected chi connectivity index (χ1v) is 8.50. The number of nitrogens with one attached hydrogen (secondary N) is 1. The molecule has 1 aromatic carbocycles. The van der Waals surface area contributed by atoms with E-state index in [0.29, 0.717) is 13.1 Å². The monoisotopic (exact) mass is 340 g/mol. The van der Waals surface area contributed by atoms with Crippen LogP contribution in [0, 0.1) is 0 Å². The number of carbonyl (C=O) groups excluding carboxylic acids is 1. The Hall–Kier alpha value is -1.32. The summed E-state index contributed by atoms with van der Waals surface area (Å²) in [6, 6.07) is 9.19. The minimum atomic E-state index is -1.87. The van der Waals surface area contributed by atoms with Gasteiger partial charge in [0.2, 0.25) is 5.91 Å². The van der Waals surface area contributed by atoms with Crippen molar-refractivity contribution in [3.05, 3.63) is 35.9 Å². The van der Waals surface area contributed by atoms with E-state index in [9.17, 15) is 14.1 Å². The van der Waals surface area contributed by atoms with Crippen molar-refractivity contribution in [1.29, 1.82) is 0 Å². The lowest BCUT2D eigenvalue weighted by Gasteiger charge is -2.48. The molecule has 0 bridgehead atoms. The summed E-state index contributed by atoms with van der Waals surface area (Å²) in [4.78, 5) is 13.5. The van der Waals surface area contributed by atoms with E-state index >= 15 is 0 Å². The van der Waals surface area contributed by atoms with Gasteiger partial charge in [0.15, 0.2) is 0 Å². The molecular weight excluding hydrogens is 320 g/mol. The molecule has 0 aromatic heterocycles. The molecule has 2 saturated heterocycles. The number of hydrogen-bond donors (Lipinski definition) is 2. The van der Waals surface area contributed by atoms with E-state index in [-0.39, 0.29) is 18.6 Å². The van der Waals surface area contributed by atoms with Gasteiger partial charge in [-0.25, -0.2) is 0 Å². The first kappa shape index (κ1) is 16.5. The number of piperidine rings is 1. The summed E-state index contributed by atoms with van der Waals surface area (Å²) < 4.78 is 21.9. The van der Waals surface area contributed by atoms with Gasteiger partial charge in [-0.3, -0.25) is 18.1 Å². The van der Waals surface area contributed by atoms with Crippen molar-refractivity contribution in [3.8, 4) is 0 Å². The number of rotatable bonds is 3. The van der Waals surface area contributed by atoms with Gasteiger partial charge in [0.1, 0.15) is 12.2 Å². The lowest BCUT2D eigenvalue weighted by molar-refractivity contribution is -0.129. The van der Waals surface area contributed by atoms with E-state index < -0.39 is 29.6 Å². The van der Waals surface area contributed by atoms with Crippen LogP contribution in [0.2, 0.25) is 0 Å². The molecule has 2 fully saturated rings. The third-order valence-electron chi connectivity index (χ3n) is 4.17. The van der Waals surface area contributed by atoms with Gasteiger partial charge in [-0.15, -0.1) is 0 Å². The van der Waals surface area contributed by atoms with Gasteiger partial charge < -0.3 is 10.4 Å². The molecule has 0 spiro atoms. The third-order valence-corrected chi connectivity index (χ3v) is 4.88. The molecular formula is C15H20N2O5S. The lowest BCUT2D eigenvalue weighted by Crippen LogP contribution is -2.68. The van der Waals surface area contributed by atoms with E-state index in [1.54, 1.807) is 0 Å². The summed E-state index contributed by atoms with van der Waals surface area (Å²) in [7, 11) is 0. The highest BCUT2D eigenvalue weighted by Crippen LogP contribution is 2.28.